The van der Waals surface area contributed by atoms with Crippen LogP contribution in [0.2, 0.25) is 0 Å². The van der Waals surface area contributed by atoms with Crippen molar-refractivity contribution in [2.45, 2.75) is 45.4 Å². The normalized spacial score (nSPS) is 9.00. The van der Waals surface area contributed by atoms with E-state index in [2.05, 4.69) is 6.92 Å². The summed E-state index contributed by atoms with van der Waals surface area (Å²) in [5, 5.41) is 0. The molecule has 0 heterocycles. The van der Waals surface area contributed by atoms with Gasteiger partial charge in [0.1, 0.15) is 0 Å². The van der Waals surface area contributed by atoms with Crippen molar-refractivity contribution in [1.29, 1.82) is 0 Å². The molecule has 2 N–H and O–H groups in total. The predicted molar refractivity (Wildman–Crippen MR) is 42.4 cm³/mol. The number of hydrogen-bond donors (Lipinski definition) is 1. The number of unbranched alkanes of at least 4 members (excludes halogenated alkanes) is 5. The van der Waals surface area contributed by atoms with Crippen molar-refractivity contribution >= 4 is 0 Å². The van der Waals surface area contributed by atoms with Gasteiger partial charge >= 0.3 is 0 Å². The summed E-state index contributed by atoms with van der Waals surface area (Å²) in [5.41, 5.74) is 5.34. The van der Waals surface area contributed by atoms with Gasteiger partial charge < -0.3 is 5.73 Å². The van der Waals surface area contributed by atoms with Gasteiger partial charge in [0, 0.05) is 21.1 Å². The summed E-state index contributed by atoms with van der Waals surface area (Å²) < 4.78 is 0. The summed E-state index contributed by atoms with van der Waals surface area (Å²) >= 11 is 0. The van der Waals surface area contributed by atoms with E-state index in [1.807, 2.05) is 0 Å². The molecule has 0 aliphatic heterocycles. The summed E-state index contributed by atoms with van der Waals surface area (Å²) in [7, 11) is 0. The summed E-state index contributed by atoms with van der Waals surface area (Å²) in [6.07, 6.45) is 8.05. The van der Waals surface area contributed by atoms with Gasteiger partial charge in [0.2, 0.25) is 0 Å². The van der Waals surface area contributed by atoms with Gasteiger partial charge in [-0.25, -0.2) is 0 Å². The van der Waals surface area contributed by atoms with Gasteiger partial charge in [-0.2, -0.15) is 0 Å². The molecule has 0 aromatic carbocycles. The number of rotatable bonds is 6. The van der Waals surface area contributed by atoms with Crippen LogP contribution in [-0.2, 0) is 21.1 Å². The first-order chi connectivity index (χ1) is 4.41. The zero-order valence-corrected chi connectivity index (χ0v) is 9.12. The fourth-order valence-electron chi connectivity index (χ4n) is 0.925. The van der Waals surface area contributed by atoms with Crippen molar-refractivity contribution in [3.05, 3.63) is 0 Å². The van der Waals surface area contributed by atoms with Gasteiger partial charge in [-0.05, 0) is 13.0 Å². The van der Waals surface area contributed by atoms with Crippen LogP contribution in [-0.4, -0.2) is 6.54 Å². The molecule has 0 saturated carbocycles. The Morgan fingerprint density at radius 2 is 1.40 bits per heavy atom. The Labute approximate surface area is 79.0 Å². The van der Waals surface area contributed by atoms with Crippen LogP contribution in [0.5, 0.6) is 0 Å². The molecule has 2 heteroatoms. The van der Waals surface area contributed by atoms with E-state index in [0.717, 1.165) is 6.54 Å². The third-order valence-electron chi connectivity index (χ3n) is 1.56. The topological polar surface area (TPSA) is 26.0 Å². The second kappa shape index (κ2) is 12.3. The molecule has 10 heavy (non-hydrogen) atoms. The Morgan fingerprint density at radius 1 is 0.900 bits per heavy atom. The summed E-state index contributed by atoms with van der Waals surface area (Å²) in [4.78, 5) is 0. The van der Waals surface area contributed by atoms with Gasteiger partial charge in [0.25, 0.3) is 0 Å². The van der Waals surface area contributed by atoms with Crippen molar-refractivity contribution in [2.24, 2.45) is 5.73 Å². The molecule has 0 fully saturated rings. The molecular weight excluding hydrogens is 305 g/mol. The molecule has 0 aromatic heterocycles. The van der Waals surface area contributed by atoms with E-state index in [1.54, 1.807) is 0 Å². The van der Waals surface area contributed by atoms with E-state index < -0.39 is 0 Å². The Balaban J connectivity index is 0. The Morgan fingerprint density at radius 3 is 1.90 bits per heavy atom. The van der Waals surface area contributed by atoms with Crippen LogP contribution in [0.25, 0.3) is 0 Å². The van der Waals surface area contributed by atoms with Crippen LogP contribution in [0.4, 0.5) is 0 Å². The summed E-state index contributed by atoms with van der Waals surface area (Å²) in [6.45, 7) is 3.11. The quantitative estimate of drug-likeness (QED) is 0.746. The van der Waals surface area contributed by atoms with Gasteiger partial charge in [-0.15, -0.1) is 0 Å². The minimum atomic E-state index is 0. The monoisotopic (exact) mass is 324 g/mol. The van der Waals surface area contributed by atoms with Gasteiger partial charge in [-0.1, -0.05) is 39.0 Å². The second-order valence-electron chi connectivity index (χ2n) is 2.56. The zero-order valence-electron chi connectivity index (χ0n) is 6.84. The second-order valence-corrected chi connectivity index (χ2v) is 2.56. The SMILES string of the molecule is CCCCCCCCN.[Pt]. The Kier molecular flexibility index (Phi) is 16.3. The maximum atomic E-state index is 5.34. The molecule has 0 bridgehead atoms. The van der Waals surface area contributed by atoms with E-state index in [-0.39, 0.29) is 21.1 Å². The van der Waals surface area contributed by atoms with Gasteiger partial charge in [0.15, 0.2) is 0 Å². The van der Waals surface area contributed by atoms with E-state index in [1.165, 1.54) is 38.5 Å². The number of hydrogen-bond acceptors (Lipinski definition) is 1. The van der Waals surface area contributed by atoms with Crippen molar-refractivity contribution in [2.75, 3.05) is 6.54 Å². The van der Waals surface area contributed by atoms with E-state index in [4.69, 9.17) is 5.73 Å². The van der Waals surface area contributed by atoms with Crippen LogP contribution in [0.15, 0.2) is 0 Å². The first-order valence-corrected chi connectivity index (χ1v) is 4.12. The zero-order chi connectivity index (χ0) is 6.95. The Hall–Kier alpha value is 0.648. The third-order valence-corrected chi connectivity index (χ3v) is 1.56. The molecule has 0 radical (unpaired) electrons. The average Bonchev–Trinajstić information content (AvgIpc) is 1.89. The largest absolute Gasteiger partial charge is 0.330 e. The molecule has 0 unspecified atom stereocenters. The van der Waals surface area contributed by atoms with Crippen molar-refractivity contribution < 1.29 is 21.1 Å². The molecule has 0 aromatic rings. The van der Waals surface area contributed by atoms with Crippen LogP contribution in [0, 0.1) is 0 Å². The minimum absolute atomic E-state index is 0. The van der Waals surface area contributed by atoms with Crippen molar-refractivity contribution in [3.8, 4) is 0 Å². The fourth-order valence-corrected chi connectivity index (χ4v) is 0.925. The van der Waals surface area contributed by atoms with Crippen molar-refractivity contribution in [3.63, 3.8) is 0 Å². The molecule has 0 saturated heterocycles. The molecule has 0 aliphatic carbocycles. The smallest absolute Gasteiger partial charge is 0 e. The maximum Gasteiger partial charge on any atom is 0 e. The van der Waals surface area contributed by atoms with Gasteiger partial charge in [-0.3, -0.25) is 0 Å². The molecule has 66 valence electrons. The van der Waals surface area contributed by atoms with Crippen LogP contribution >= 0.6 is 0 Å². The van der Waals surface area contributed by atoms with Crippen LogP contribution in [0.3, 0.4) is 0 Å². The van der Waals surface area contributed by atoms with E-state index in [9.17, 15) is 0 Å². The van der Waals surface area contributed by atoms with Crippen LogP contribution < -0.4 is 5.73 Å². The third kappa shape index (κ3) is 11.4. The van der Waals surface area contributed by atoms with E-state index in [0.29, 0.717) is 0 Å². The van der Waals surface area contributed by atoms with Crippen molar-refractivity contribution in [1.82, 2.24) is 0 Å². The predicted octanol–water partition coefficient (Wildman–Crippen LogP) is 2.30. The molecule has 0 atom stereocenters. The first kappa shape index (κ1) is 13.3. The molecule has 0 spiro atoms. The fraction of sp³-hybridized carbons (Fsp3) is 1.00. The number of nitrogens with two attached hydrogens (primary N) is 1. The summed E-state index contributed by atoms with van der Waals surface area (Å²) in [5.74, 6) is 0. The average molecular weight is 324 g/mol. The molecular formula is C8H19NPt. The molecule has 1 nitrogen and oxygen atoms in total. The standard InChI is InChI=1S/C8H19N.Pt/c1-2-3-4-5-6-7-8-9;/h2-9H2,1H3;. The molecule has 0 amide bonds. The Bertz CT molecular complexity index is 42.5. The van der Waals surface area contributed by atoms with E-state index >= 15 is 0 Å². The first-order valence-electron chi connectivity index (χ1n) is 4.12. The summed E-state index contributed by atoms with van der Waals surface area (Å²) in [6, 6.07) is 0. The van der Waals surface area contributed by atoms with Crippen LogP contribution in [0.1, 0.15) is 45.4 Å². The minimum Gasteiger partial charge on any atom is -0.330 e. The molecule has 0 rings (SSSR count). The maximum absolute atomic E-state index is 5.34. The molecule has 0 aliphatic rings. The van der Waals surface area contributed by atoms with Gasteiger partial charge in [0.05, 0.1) is 0 Å².